The van der Waals surface area contributed by atoms with E-state index in [1.54, 1.807) is 6.92 Å². The van der Waals surface area contributed by atoms with Gasteiger partial charge in [0.1, 0.15) is 0 Å². The molecule has 0 heterocycles. The zero-order valence-electron chi connectivity index (χ0n) is 13.0. The van der Waals surface area contributed by atoms with Crippen molar-refractivity contribution in [1.29, 1.82) is 0 Å². The third kappa shape index (κ3) is 14.8. The van der Waals surface area contributed by atoms with Gasteiger partial charge >= 0.3 is 0 Å². The Morgan fingerprint density at radius 1 is 0.941 bits per heavy atom. The van der Waals surface area contributed by atoms with Gasteiger partial charge in [-0.3, -0.25) is 0 Å². The third-order valence-corrected chi connectivity index (χ3v) is 1.69. The highest BCUT2D eigenvalue weighted by molar-refractivity contribution is 5.28. The number of hydrogen-bond acceptors (Lipinski definition) is 0. The highest BCUT2D eigenvalue weighted by Gasteiger charge is 1.91. The largest absolute Gasteiger partial charge is 0.120 e. The molecule has 1 aromatic carbocycles. The Balaban J connectivity index is -0.000000239. The zero-order chi connectivity index (χ0) is 14.3. The zero-order valence-corrected chi connectivity index (χ0v) is 13.0. The lowest BCUT2D eigenvalue weighted by molar-refractivity contribution is 1.12. The minimum atomic E-state index is 1.14. The third-order valence-electron chi connectivity index (χ3n) is 1.69. The number of hydrogen-bond donors (Lipinski definition) is 0. The fraction of sp³-hybridized carbons (Fsp3) is 0.529. The summed E-state index contributed by atoms with van der Waals surface area (Å²) in [6, 6.07) is 6.69. The fourth-order valence-corrected chi connectivity index (χ4v) is 1.27. The summed E-state index contributed by atoms with van der Waals surface area (Å²) in [6.07, 6.45) is 5.74. The van der Waals surface area contributed by atoms with Crippen LogP contribution in [0.4, 0.5) is 0 Å². The summed E-state index contributed by atoms with van der Waals surface area (Å²) < 4.78 is 0. The molecule has 0 aromatic heterocycles. The van der Waals surface area contributed by atoms with Crippen LogP contribution in [-0.2, 0) is 6.42 Å². The van der Waals surface area contributed by atoms with Crippen molar-refractivity contribution in [3.8, 4) is 12.3 Å². The molecule has 17 heavy (non-hydrogen) atoms. The molecule has 1 rings (SSSR count). The summed E-state index contributed by atoms with van der Waals surface area (Å²) in [5.41, 5.74) is 4.19. The summed E-state index contributed by atoms with van der Waals surface area (Å²) in [6.45, 7) is 16.1. The van der Waals surface area contributed by atoms with E-state index in [0.29, 0.717) is 0 Å². The highest BCUT2D eigenvalue weighted by Crippen LogP contribution is 2.08. The van der Waals surface area contributed by atoms with E-state index in [-0.39, 0.29) is 0 Å². The molecule has 0 bridgehead atoms. The molecule has 0 heteroatoms. The van der Waals surface area contributed by atoms with E-state index < -0.39 is 0 Å². The maximum atomic E-state index is 4.60. The van der Waals surface area contributed by atoms with Crippen LogP contribution in [0.1, 0.15) is 58.2 Å². The number of aryl methyl sites for hydroxylation is 3. The van der Waals surface area contributed by atoms with Crippen LogP contribution in [0.3, 0.4) is 0 Å². The van der Waals surface area contributed by atoms with Crippen molar-refractivity contribution in [2.24, 2.45) is 0 Å². The molecule has 0 amide bonds. The van der Waals surface area contributed by atoms with Crippen LogP contribution < -0.4 is 0 Å². The first-order valence-corrected chi connectivity index (χ1v) is 6.58. The molecule has 0 aliphatic heterocycles. The number of terminal acetylenes is 1. The van der Waals surface area contributed by atoms with Gasteiger partial charge in [0, 0.05) is 0 Å². The van der Waals surface area contributed by atoms with Crippen LogP contribution in [0.5, 0.6) is 0 Å². The SMILES string of the molecule is C#CC.CC.CC.CCc1cc(C)cc(C)c1. The van der Waals surface area contributed by atoms with E-state index in [4.69, 9.17) is 0 Å². The highest BCUT2D eigenvalue weighted by atomic mass is 14.0. The topological polar surface area (TPSA) is 0 Å². The molecule has 0 aliphatic carbocycles. The molecule has 0 saturated heterocycles. The first-order valence-electron chi connectivity index (χ1n) is 6.58. The summed E-state index contributed by atoms with van der Waals surface area (Å²) in [7, 11) is 0. The first-order chi connectivity index (χ1) is 8.13. The second-order valence-corrected chi connectivity index (χ2v) is 3.14. The van der Waals surface area contributed by atoms with Crippen LogP contribution in [0.2, 0.25) is 0 Å². The molecule has 0 fully saturated rings. The minimum absolute atomic E-state index is 1.14. The van der Waals surface area contributed by atoms with Crippen molar-refractivity contribution in [2.45, 2.75) is 61.8 Å². The molecule has 0 unspecified atom stereocenters. The average molecular weight is 234 g/mol. The molecular weight excluding hydrogens is 204 g/mol. The van der Waals surface area contributed by atoms with Gasteiger partial charge in [-0.25, -0.2) is 0 Å². The summed E-state index contributed by atoms with van der Waals surface area (Å²) >= 11 is 0. The molecule has 0 aliphatic rings. The van der Waals surface area contributed by atoms with Crippen molar-refractivity contribution in [2.75, 3.05) is 0 Å². The lowest BCUT2D eigenvalue weighted by Gasteiger charge is -2.00. The Bertz CT molecular complexity index is 269. The van der Waals surface area contributed by atoms with Crippen LogP contribution in [0.25, 0.3) is 0 Å². The molecule has 1 aromatic rings. The molecule has 0 nitrogen and oxygen atoms in total. The normalized spacial score (nSPS) is 7.00. The van der Waals surface area contributed by atoms with Crippen LogP contribution >= 0.6 is 0 Å². The maximum absolute atomic E-state index is 4.60. The molecule has 0 atom stereocenters. The van der Waals surface area contributed by atoms with Crippen LogP contribution in [-0.4, -0.2) is 0 Å². The van der Waals surface area contributed by atoms with E-state index in [1.165, 1.54) is 16.7 Å². The Morgan fingerprint density at radius 2 is 1.24 bits per heavy atom. The smallest absolute Gasteiger partial charge is 0.00297 e. The van der Waals surface area contributed by atoms with Gasteiger partial charge in [0.2, 0.25) is 0 Å². The Kier molecular flexibility index (Phi) is 21.3. The van der Waals surface area contributed by atoms with Crippen molar-refractivity contribution < 1.29 is 0 Å². The summed E-state index contributed by atoms with van der Waals surface area (Å²) in [5.74, 6) is 2.25. The van der Waals surface area contributed by atoms with Crippen molar-refractivity contribution in [3.63, 3.8) is 0 Å². The van der Waals surface area contributed by atoms with Crippen molar-refractivity contribution >= 4 is 0 Å². The van der Waals surface area contributed by atoms with E-state index in [9.17, 15) is 0 Å². The molecule has 98 valence electrons. The maximum Gasteiger partial charge on any atom is -0.00297 e. The number of rotatable bonds is 1. The standard InChI is InChI=1S/C10H14.C3H4.2C2H6/c1-4-10-6-8(2)5-9(3)7-10;1-3-2;2*1-2/h5-7H,4H2,1-3H3;1H,2H3;2*1-2H3. The minimum Gasteiger partial charge on any atom is -0.120 e. The second kappa shape index (κ2) is 17.2. The summed E-state index contributed by atoms with van der Waals surface area (Å²) in [4.78, 5) is 0. The predicted molar refractivity (Wildman–Crippen MR) is 82.5 cm³/mol. The van der Waals surface area contributed by atoms with Gasteiger partial charge in [0.05, 0.1) is 0 Å². The second-order valence-electron chi connectivity index (χ2n) is 3.14. The van der Waals surface area contributed by atoms with Gasteiger partial charge in [-0.2, -0.15) is 0 Å². The Hall–Kier alpha value is -1.22. The average Bonchev–Trinajstić information content (AvgIpc) is 2.34. The van der Waals surface area contributed by atoms with Gasteiger partial charge in [-0.15, -0.1) is 12.3 Å². The lowest BCUT2D eigenvalue weighted by Crippen LogP contribution is -1.83. The molecule has 0 spiro atoms. The molecule has 0 radical (unpaired) electrons. The van der Waals surface area contributed by atoms with Crippen molar-refractivity contribution in [3.05, 3.63) is 34.9 Å². The Labute approximate surface area is 109 Å². The van der Waals surface area contributed by atoms with Crippen LogP contribution in [0, 0.1) is 26.2 Å². The lowest BCUT2D eigenvalue weighted by atomic mass is 10.1. The van der Waals surface area contributed by atoms with Crippen molar-refractivity contribution in [1.82, 2.24) is 0 Å². The van der Waals surface area contributed by atoms with Crippen LogP contribution in [0.15, 0.2) is 18.2 Å². The quantitative estimate of drug-likeness (QED) is 0.558. The Morgan fingerprint density at radius 3 is 1.47 bits per heavy atom. The predicted octanol–water partition coefficient (Wildman–Crippen LogP) is 5.56. The van der Waals surface area contributed by atoms with Gasteiger partial charge in [0.15, 0.2) is 0 Å². The number of benzene rings is 1. The van der Waals surface area contributed by atoms with Gasteiger partial charge in [0.25, 0.3) is 0 Å². The van der Waals surface area contributed by atoms with Gasteiger partial charge in [-0.1, -0.05) is 63.9 Å². The van der Waals surface area contributed by atoms with Gasteiger partial charge < -0.3 is 0 Å². The van der Waals surface area contributed by atoms with Gasteiger partial charge in [-0.05, 0) is 32.8 Å². The first kappa shape index (κ1) is 21.1. The van der Waals surface area contributed by atoms with E-state index in [2.05, 4.69) is 51.3 Å². The van der Waals surface area contributed by atoms with E-state index in [1.807, 2.05) is 27.7 Å². The molecular formula is C17H30. The monoisotopic (exact) mass is 234 g/mol. The van der Waals surface area contributed by atoms with E-state index >= 15 is 0 Å². The molecule has 0 N–H and O–H groups in total. The fourth-order valence-electron chi connectivity index (χ4n) is 1.27. The molecule has 0 saturated carbocycles. The summed E-state index contributed by atoms with van der Waals surface area (Å²) in [5, 5.41) is 0. The van der Waals surface area contributed by atoms with E-state index in [0.717, 1.165) is 6.42 Å².